The largest absolute Gasteiger partial charge is 0.456 e. The van der Waals surface area contributed by atoms with Gasteiger partial charge in [-0.2, -0.15) is 0 Å². The monoisotopic (exact) mass is 680 g/mol. The summed E-state index contributed by atoms with van der Waals surface area (Å²) in [5.74, 6) is 0.600. The topological polar surface area (TPSA) is 42.4 Å². The zero-order valence-corrected chi connectivity index (χ0v) is 28.7. The molecule has 0 bridgehead atoms. The van der Waals surface area contributed by atoms with E-state index in [9.17, 15) is 0 Å². The average molecular weight is 681 g/mol. The number of rotatable bonds is 7. The molecule has 0 fully saturated rings. The second-order valence-corrected chi connectivity index (χ2v) is 13.2. The van der Waals surface area contributed by atoms with Gasteiger partial charge in [-0.15, -0.1) is 0 Å². The van der Waals surface area contributed by atoms with E-state index in [4.69, 9.17) is 13.8 Å². The van der Waals surface area contributed by atoms with Gasteiger partial charge in [0, 0.05) is 28.0 Å². The number of hydrogen-bond donors (Lipinski definition) is 0. The molecule has 2 aromatic heterocycles. The summed E-state index contributed by atoms with van der Waals surface area (Å²) in [4.78, 5) is 7.26. The minimum absolute atomic E-state index is 0.600. The minimum Gasteiger partial charge on any atom is -0.456 e. The third-order valence-electron chi connectivity index (χ3n) is 9.92. The zero-order chi connectivity index (χ0) is 35.1. The molecule has 0 N–H and O–H groups in total. The number of aromatic nitrogens is 1. The molecule has 250 valence electrons. The number of furan rings is 1. The van der Waals surface area contributed by atoms with Crippen LogP contribution in [0.4, 0.5) is 17.1 Å². The van der Waals surface area contributed by atoms with E-state index >= 15 is 0 Å². The Morgan fingerprint density at radius 2 is 0.830 bits per heavy atom. The first-order chi connectivity index (χ1) is 26.2. The molecule has 8 aromatic carbocycles. The molecule has 10 rings (SSSR count). The molecule has 0 radical (unpaired) electrons. The standard InChI is InChI=1S/C49H32N2O2/c1-4-11-33(12-5-1)35-19-24-40(25-20-35)51(42-18-10-17-38(31-42)34-13-6-2-7-14-34)41-26-21-36(22-27-41)39-23-28-44-43(32-39)47-45(52-44)29-30-46-48(47)50-49(53-46)37-15-8-3-9-16-37/h1-32H. The van der Waals surface area contributed by atoms with E-state index in [1.54, 1.807) is 0 Å². The van der Waals surface area contributed by atoms with Crippen LogP contribution in [-0.4, -0.2) is 4.98 Å². The fourth-order valence-electron chi connectivity index (χ4n) is 7.28. The Kier molecular flexibility index (Phi) is 7.43. The highest BCUT2D eigenvalue weighted by atomic mass is 16.4. The molecular formula is C49H32N2O2. The molecule has 0 saturated heterocycles. The Balaban J connectivity index is 1.05. The Labute approximate surface area is 306 Å². The highest BCUT2D eigenvalue weighted by molar-refractivity contribution is 6.17. The molecular weight excluding hydrogens is 649 g/mol. The lowest BCUT2D eigenvalue weighted by Gasteiger charge is -2.26. The van der Waals surface area contributed by atoms with Gasteiger partial charge in [0.05, 0.1) is 5.39 Å². The number of benzene rings is 8. The first kappa shape index (κ1) is 30.6. The highest BCUT2D eigenvalue weighted by Gasteiger charge is 2.18. The summed E-state index contributed by atoms with van der Waals surface area (Å²) in [6.45, 7) is 0. The van der Waals surface area contributed by atoms with Gasteiger partial charge in [-0.05, 0) is 106 Å². The third-order valence-corrected chi connectivity index (χ3v) is 9.92. The first-order valence-electron chi connectivity index (χ1n) is 17.8. The van der Waals surface area contributed by atoms with Gasteiger partial charge in [-0.1, -0.05) is 121 Å². The van der Waals surface area contributed by atoms with Crippen LogP contribution >= 0.6 is 0 Å². The smallest absolute Gasteiger partial charge is 0.227 e. The Morgan fingerprint density at radius 1 is 0.340 bits per heavy atom. The third kappa shape index (κ3) is 5.63. The van der Waals surface area contributed by atoms with Gasteiger partial charge in [0.15, 0.2) is 5.58 Å². The predicted octanol–water partition coefficient (Wildman–Crippen LogP) is 13.9. The highest BCUT2D eigenvalue weighted by Crippen LogP contribution is 2.41. The lowest BCUT2D eigenvalue weighted by Crippen LogP contribution is -2.10. The lowest BCUT2D eigenvalue weighted by atomic mass is 10.0. The van der Waals surface area contributed by atoms with Crippen molar-refractivity contribution in [2.45, 2.75) is 0 Å². The first-order valence-corrected chi connectivity index (χ1v) is 17.8. The van der Waals surface area contributed by atoms with E-state index in [2.05, 4.69) is 157 Å². The van der Waals surface area contributed by atoms with Gasteiger partial charge in [-0.25, -0.2) is 4.98 Å². The summed E-state index contributed by atoms with van der Waals surface area (Å²) in [5.41, 5.74) is 14.3. The normalized spacial score (nSPS) is 11.4. The zero-order valence-electron chi connectivity index (χ0n) is 28.7. The number of nitrogens with zero attached hydrogens (tertiary/aromatic N) is 2. The van der Waals surface area contributed by atoms with E-state index in [-0.39, 0.29) is 0 Å². The van der Waals surface area contributed by atoms with Crippen molar-refractivity contribution in [3.05, 3.63) is 194 Å². The fourth-order valence-corrected chi connectivity index (χ4v) is 7.28. The quantitative estimate of drug-likeness (QED) is 0.168. The van der Waals surface area contributed by atoms with Crippen LogP contribution in [0.2, 0.25) is 0 Å². The summed E-state index contributed by atoms with van der Waals surface area (Å²) < 4.78 is 12.5. The van der Waals surface area contributed by atoms with Crippen LogP contribution < -0.4 is 4.90 Å². The molecule has 4 heteroatoms. The summed E-state index contributed by atoms with van der Waals surface area (Å²) >= 11 is 0. The average Bonchev–Trinajstić information content (AvgIpc) is 3.84. The lowest BCUT2D eigenvalue weighted by molar-refractivity contribution is 0.619. The number of fused-ring (bicyclic) bond motifs is 5. The minimum atomic E-state index is 0.600. The predicted molar refractivity (Wildman–Crippen MR) is 218 cm³/mol. The number of oxazole rings is 1. The van der Waals surface area contributed by atoms with E-state index in [0.29, 0.717) is 5.89 Å². The molecule has 2 heterocycles. The SMILES string of the molecule is c1ccc(-c2ccc(N(c3ccc(-c4ccc5oc6ccc7oc(-c8ccccc8)nc7c6c5c4)cc3)c3cccc(-c4ccccc4)c3)cc2)cc1. The van der Waals surface area contributed by atoms with Crippen LogP contribution in [0, 0.1) is 0 Å². The van der Waals surface area contributed by atoms with Crippen LogP contribution in [0.3, 0.4) is 0 Å². The molecule has 0 unspecified atom stereocenters. The second-order valence-electron chi connectivity index (χ2n) is 13.2. The molecule has 0 aliphatic heterocycles. The van der Waals surface area contributed by atoms with Crippen LogP contribution in [0.5, 0.6) is 0 Å². The maximum Gasteiger partial charge on any atom is 0.227 e. The molecule has 0 spiro atoms. The van der Waals surface area contributed by atoms with E-state index in [0.717, 1.165) is 66.8 Å². The maximum absolute atomic E-state index is 6.30. The second kappa shape index (κ2) is 12.9. The van der Waals surface area contributed by atoms with Crippen molar-refractivity contribution in [1.82, 2.24) is 4.98 Å². The number of anilines is 3. The number of hydrogen-bond acceptors (Lipinski definition) is 4. The molecule has 0 aliphatic carbocycles. The van der Waals surface area contributed by atoms with Crippen molar-refractivity contribution < 1.29 is 8.83 Å². The van der Waals surface area contributed by atoms with Gasteiger partial charge in [0.1, 0.15) is 16.7 Å². The molecule has 0 amide bonds. The Hall–Kier alpha value is -7.17. The van der Waals surface area contributed by atoms with Crippen molar-refractivity contribution in [3.8, 4) is 44.8 Å². The molecule has 10 aromatic rings. The van der Waals surface area contributed by atoms with Gasteiger partial charge < -0.3 is 13.7 Å². The summed E-state index contributed by atoms with van der Waals surface area (Å²) in [6.07, 6.45) is 0. The molecule has 0 atom stereocenters. The van der Waals surface area contributed by atoms with Gasteiger partial charge in [0.2, 0.25) is 5.89 Å². The van der Waals surface area contributed by atoms with Crippen molar-refractivity contribution in [2.75, 3.05) is 4.90 Å². The van der Waals surface area contributed by atoms with Crippen LogP contribution in [0.25, 0.3) is 77.9 Å². The molecule has 4 nitrogen and oxygen atoms in total. The summed E-state index contributed by atoms with van der Waals surface area (Å²) in [7, 11) is 0. The molecule has 53 heavy (non-hydrogen) atoms. The molecule has 0 saturated carbocycles. The van der Waals surface area contributed by atoms with Crippen LogP contribution in [-0.2, 0) is 0 Å². The van der Waals surface area contributed by atoms with E-state index in [1.165, 1.54) is 22.3 Å². The van der Waals surface area contributed by atoms with Crippen molar-refractivity contribution in [2.24, 2.45) is 0 Å². The van der Waals surface area contributed by atoms with Crippen molar-refractivity contribution in [3.63, 3.8) is 0 Å². The summed E-state index contributed by atoms with van der Waals surface area (Å²) in [6, 6.07) is 67.7. The van der Waals surface area contributed by atoms with E-state index in [1.807, 2.05) is 42.5 Å². The van der Waals surface area contributed by atoms with Crippen LogP contribution in [0.1, 0.15) is 0 Å². The van der Waals surface area contributed by atoms with Gasteiger partial charge >= 0.3 is 0 Å². The van der Waals surface area contributed by atoms with Crippen LogP contribution in [0.15, 0.2) is 203 Å². The Bertz CT molecular complexity index is 2860. The fraction of sp³-hybridized carbons (Fsp3) is 0. The maximum atomic E-state index is 6.30. The van der Waals surface area contributed by atoms with Gasteiger partial charge in [-0.3, -0.25) is 0 Å². The van der Waals surface area contributed by atoms with Gasteiger partial charge in [0.25, 0.3) is 0 Å². The van der Waals surface area contributed by atoms with Crippen molar-refractivity contribution >= 4 is 50.1 Å². The summed E-state index contributed by atoms with van der Waals surface area (Å²) in [5, 5.41) is 1.98. The molecule has 0 aliphatic rings. The van der Waals surface area contributed by atoms with Crippen molar-refractivity contribution in [1.29, 1.82) is 0 Å². The Morgan fingerprint density at radius 3 is 1.49 bits per heavy atom. The van der Waals surface area contributed by atoms with E-state index < -0.39 is 0 Å².